The van der Waals surface area contributed by atoms with Crippen molar-refractivity contribution in [2.75, 3.05) is 50.0 Å². The number of aromatic nitrogens is 2. The summed E-state index contributed by atoms with van der Waals surface area (Å²) in [7, 11) is 0. The van der Waals surface area contributed by atoms with Crippen LogP contribution in [0.2, 0.25) is 5.02 Å². The van der Waals surface area contributed by atoms with Crippen LogP contribution in [0, 0.1) is 13.8 Å². The number of hydrogen-bond acceptors (Lipinski definition) is 6. The molecule has 0 aliphatic carbocycles. The Hall–Kier alpha value is -1.89. The average molecular weight is 362 g/mol. The molecule has 25 heavy (non-hydrogen) atoms. The number of nitrogens with one attached hydrogen (secondary N) is 2. The molecule has 7 heteroatoms. The van der Waals surface area contributed by atoms with Gasteiger partial charge in [0.15, 0.2) is 0 Å². The van der Waals surface area contributed by atoms with Gasteiger partial charge in [-0.05, 0) is 37.1 Å². The van der Waals surface area contributed by atoms with Gasteiger partial charge < -0.3 is 15.4 Å². The zero-order valence-electron chi connectivity index (χ0n) is 14.7. The Morgan fingerprint density at radius 3 is 2.80 bits per heavy atom. The Labute approximate surface area is 153 Å². The van der Waals surface area contributed by atoms with Gasteiger partial charge in [0, 0.05) is 32.4 Å². The standard InChI is InChI=1S/C18H24ClN5O/c1-13-11-14(2)17(15(19)12-13)23-18-21-4-3-16(22-18)20-5-6-24-7-9-25-10-8-24/h3-4,11-12H,5-10H2,1-2H3,(H2,20,21,22,23). The Morgan fingerprint density at radius 1 is 1.24 bits per heavy atom. The number of ether oxygens (including phenoxy) is 1. The lowest BCUT2D eigenvalue weighted by atomic mass is 10.1. The van der Waals surface area contributed by atoms with E-state index in [4.69, 9.17) is 16.3 Å². The molecule has 0 atom stereocenters. The van der Waals surface area contributed by atoms with Crippen molar-refractivity contribution in [2.24, 2.45) is 0 Å². The highest BCUT2D eigenvalue weighted by atomic mass is 35.5. The molecule has 0 saturated carbocycles. The van der Waals surface area contributed by atoms with Crippen molar-refractivity contribution in [2.45, 2.75) is 13.8 Å². The van der Waals surface area contributed by atoms with Crippen molar-refractivity contribution in [3.63, 3.8) is 0 Å². The van der Waals surface area contributed by atoms with E-state index in [-0.39, 0.29) is 0 Å². The summed E-state index contributed by atoms with van der Waals surface area (Å²) in [6.07, 6.45) is 1.74. The molecule has 0 radical (unpaired) electrons. The van der Waals surface area contributed by atoms with Crippen molar-refractivity contribution in [3.8, 4) is 0 Å². The van der Waals surface area contributed by atoms with Gasteiger partial charge in [0.2, 0.25) is 5.95 Å². The van der Waals surface area contributed by atoms with Gasteiger partial charge in [-0.2, -0.15) is 4.98 Å². The second-order valence-electron chi connectivity index (χ2n) is 6.21. The van der Waals surface area contributed by atoms with Crippen LogP contribution < -0.4 is 10.6 Å². The first-order valence-corrected chi connectivity index (χ1v) is 8.90. The molecule has 2 N–H and O–H groups in total. The number of halogens is 1. The SMILES string of the molecule is Cc1cc(C)c(Nc2nccc(NCCN3CCOCC3)n2)c(Cl)c1. The summed E-state index contributed by atoms with van der Waals surface area (Å²) in [6, 6.07) is 5.88. The summed E-state index contributed by atoms with van der Waals surface area (Å²) < 4.78 is 5.36. The van der Waals surface area contributed by atoms with E-state index in [0.29, 0.717) is 11.0 Å². The fraction of sp³-hybridized carbons (Fsp3) is 0.444. The predicted octanol–water partition coefficient (Wildman–Crippen LogP) is 3.23. The number of anilines is 3. The molecule has 1 fully saturated rings. The Bertz CT molecular complexity index is 695. The first-order chi connectivity index (χ1) is 12.1. The fourth-order valence-electron chi connectivity index (χ4n) is 2.87. The molecule has 2 heterocycles. The van der Waals surface area contributed by atoms with E-state index in [1.165, 1.54) is 0 Å². The number of benzene rings is 1. The Balaban J connectivity index is 1.59. The third-order valence-electron chi connectivity index (χ3n) is 4.16. The topological polar surface area (TPSA) is 62.3 Å². The van der Waals surface area contributed by atoms with Crippen molar-refractivity contribution >= 4 is 29.1 Å². The monoisotopic (exact) mass is 361 g/mol. The Morgan fingerprint density at radius 2 is 2.04 bits per heavy atom. The second-order valence-corrected chi connectivity index (χ2v) is 6.62. The van der Waals surface area contributed by atoms with E-state index in [2.05, 4.69) is 31.6 Å². The average Bonchev–Trinajstić information content (AvgIpc) is 2.59. The molecule has 0 amide bonds. The van der Waals surface area contributed by atoms with Crippen LogP contribution in [0.3, 0.4) is 0 Å². The van der Waals surface area contributed by atoms with Gasteiger partial charge in [0.25, 0.3) is 0 Å². The third kappa shape index (κ3) is 5.04. The molecule has 1 saturated heterocycles. The largest absolute Gasteiger partial charge is 0.379 e. The van der Waals surface area contributed by atoms with Gasteiger partial charge in [-0.15, -0.1) is 0 Å². The summed E-state index contributed by atoms with van der Waals surface area (Å²) in [5.41, 5.74) is 3.05. The van der Waals surface area contributed by atoms with Gasteiger partial charge in [0.05, 0.1) is 23.9 Å². The number of nitrogens with zero attached hydrogens (tertiary/aromatic N) is 3. The molecule has 1 aromatic heterocycles. The highest BCUT2D eigenvalue weighted by Crippen LogP contribution is 2.29. The zero-order valence-corrected chi connectivity index (χ0v) is 15.4. The minimum atomic E-state index is 0.533. The van der Waals surface area contributed by atoms with Crippen molar-refractivity contribution in [3.05, 3.63) is 40.5 Å². The third-order valence-corrected chi connectivity index (χ3v) is 4.46. The molecule has 0 unspecified atom stereocenters. The molecule has 1 aliphatic heterocycles. The van der Waals surface area contributed by atoms with Gasteiger partial charge >= 0.3 is 0 Å². The minimum Gasteiger partial charge on any atom is -0.379 e. The van der Waals surface area contributed by atoms with Crippen LogP contribution in [0.15, 0.2) is 24.4 Å². The van der Waals surface area contributed by atoms with Gasteiger partial charge in [-0.3, -0.25) is 4.90 Å². The summed E-state index contributed by atoms with van der Waals surface area (Å²) in [5.74, 6) is 1.33. The quantitative estimate of drug-likeness (QED) is 0.823. The van der Waals surface area contributed by atoms with Crippen molar-refractivity contribution in [1.29, 1.82) is 0 Å². The lowest BCUT2D eigenvalue weighted by Gasteiger charge is -2.26. The molecule has 2 aromatic rings. The summed E-state index contributed by atoms with van der Waals surface area (Å²) in [6.45, 7) is 9.47. The predicted molar refractivity (Wildman–Crippen MR) is 102 cm³/mol. The van der Waals surface area contributed by atoms with Crippen molar-refractivity contribution < 1.29 is 4.74 Å². The fourth-order valence-corrected chi connectivity index (χ4v) is 3.24. The summed E-state index contributed by atoms with van der Waals surface area (Å²) in [5, 5.41) is 7.25. The van der Waals surface area contributed by atoms with E-state index in [9.17, 15) is 0 Å². The van der Waals surface area contributed by atoms with Gasteiger partial charge in [-0.1, -0.05) is 17.7 Å². The maximum Gasteiger partial charge on any atom is 0.229 e. The molecular weight excluding hydrogens is 338 g/mol. The number of rotatable bonds is 6. The maximum absolute atomic E-state index is 6.34. The van der Waals surface area contributed by atoms with Crippen LogP contribution in [0.1, 0.15) is 11.1 Å². The summed E-state index contributed by atoms with van der Waals surface area (Å²) in [4.78, 5) is 11.2. The molecular formula is C18H24ClN5O. The first-order valence-electron chi connectivity index (χ1n) is 8.52. The lowest BCUT2D eigenvalue weighted by molar-refractivity contribution is 0.0398. The smallest absolute Gasteiger partial charge is 0.229 e. The van der Waals surface area contributed by atoms with Gasteiger partial charge in [-0.25, -0.2) is 4.98 Å². The highest BCUT2D eigenvalue weighted by Gasteiger charge is 2.10. The number of hydrogen-bond donors (Lipinski definition) is 2. The van der Waals surface area contributed by atoms with E-state index in [0.717, 1.165) is 62.0 Å². The molecule has 0 spiro atoms. The normalized spacial score (nSPS) is 15.2. The maximum atomic E-state index is 6.34. The Kier molecular flexibility index (Phi) is 6.07. The molecule has 1 aliphatic rings. The molecule has 1 aromatic carbocycles. The van der Waals surface area contributed by atoms with Crippen LogP contribution >= 0.6 is 11.6 Å². The van der Waals surface area contributed by atoms with Crippen LogP contribution in [0.4, 0.5) is 17.5 Å². The van der Waals surface area contributed by atoms with Crippen molar-refractivity contribution in [1.82, 2.24) is 14.9 Å². The van der Waals surface area contributed by atoms with Crippen LogP contribution in [-0.4, -0.2) is 54.3 Å². The zero-order chi connectivity index (χ0) is 17.6. The highest BCUT2D eigenvalue weighted by molar-refractivity contribution is 6.33. The molecule has 0 bridgehead atoms. The molecule has 134 valence electrons. The first kappa shape index (κ1) is 17.9. The van der Waals surface area contributed by atoms with Crippen LogP contribution in [0.5, 0.6) is 0 Å². The van der Waals surface area contributed by atoms with Gasteiger partial charge in [0.1, 0.15) is 5.82 Å². The number of morpholine rings is 1. The van der Waals surface area contributed by atoms with E-state index in [1.807, 2.05) is 26.0 Å². The van der Waals surface area contributed by atoms with E-state index < -0.39 is 0 Å². The number of aryl methyl sites for hydroxylation is 2. The van der Waals surface area contributed by atoms with E-state index in [1.54, 1.807) is 6.20 Å². The molecule has 3 rings (SSSR count). The molecule has 6 nitrogen and oxygen atoms in total. The van der Waals surface area contributed by atoms with Crippen LogP contribution in [-0.2, 0) is 4.74 Å². The van der Waals surface area contributed by atoms with Crippen LogP contribution in [0.25, 0.3) is 0 Å². The summed E-state index contributed by atoms with van der Waals surface area (Å²) >= 11 is 6.34. The second kappa shape index (κ2) is 8.47. The lowest BCUT2D eigenvalue weighted by Crippen LogP contribution is -2.39. The minimum absolute atomic E-state index is 0.533. The van der Waals surface area contributed by atoms with E-state index >= 15 is 0 Å².